The van der Waals surface area contributed by atoms with Crippen LogP contribution in [0.4, 0.5) is 5.82 Å². The van der Waals surface area contributed by atoms with Gasteiger partial charge >= 0.3 is 0 Å². The van der Waals surface area contributed by atoms with Crippen molar-refractivity contribution in [3.8, 4) is 0 Å². The summed E-state index contributed by atoms with van der Waals surface area (Å²) in [5.74, 6) is 0.950. The topological polar surface area (TPSA) is 39.1 Å². The molecule has 4 nitrogen and oxygen atoms in total. The lowest BCUT2D eigenvalue weighted by Crippen LogP contribution is -2.12. The lowest BCUT2D eigenvalue weighted by Gasteiger charge is -2.08. The number of rotatable bonds is 4. The standard InChI is InChI=1S/C10H17N3O/c1-13-7-5-10(12-13)11-6-4-9-3-2-8-14-9/h5,7,9H,2-4,6,8H2,1H3,(H,11,12). The van der Waals surface area contributed by atoms with E-state index in [1.807, 2.05) is 19.3 Å². The van der Waals surface area contributed by atoms with Gasteiger partial charge in [-0.2, -0.15) is 5.10 Å². The molecule has 2 heterocycles. The van der Waals surface area contributed by atoms with Crippen molar-refractivity contribution >= 4 is 5.82 Å². The summed E-state index contributed by atoms with van der Waals surface area (Å²) in [6, 6.07) is 1.98. The molecule has 1 aromatic heterocycles. The van der Waals surface area contributed by atoms with Crippen molar-refractivity contribution in [1.82, 2.24) is 9.78 Å². The van der Waals surface area contributed by atoms with Crippen LogP contribution in [0, 0.1) is 0 Å². The summed E-state index contributed by atoms with van der Waals surface area (Å²) in [6.45, 7) is 1.88. The van der Waals surface area contributed by atoms with Gasteiger partial charge in [-0.15, -0.1) is 0 Å². The molecule has 0 aromatic carbocycles. The minimum absolute atomic E-state index is 0.464. The molecule has 1 aliphatic rings. The van der Waals surface area contributed by atoms with Gasteiger partial charge in [-0.1, -0.05) is 0 Å². The average molecular weight is 195 g/mol. The highest BCUT2D eigenvalue weighted by Gasteiger charge is 2.14. The first-order valence-corrected chi connectivity index (χ1v) is 5.20. The van der Waals surface area contributed by atoms with Gasteiger partial charge in [0.2, 0.25) is 0 Å². The molecule has 1 aliphatic heterocycles. The summed E-state index contributed by atoms with van der Waals surface area (Å²) >= 11 is 0. The molecule has 0 amide bonds. The van der Waals surface area contributed by atoms with E-state index in [1.54, 1.807) is 4.68 Å². The summed E-state index contributed by atoms with van der Waals surface area (Å²) in [4.78, 5) is 0. The molecular formula is C10H17N3O. The molecule has 4 heteroatoms. The predicted octanol–water partition coefficient (Wildman–Crippen LogP) is 1.40. The van der Waals surface area contributed by atoms with Gasteiger partial charge < -0.3 is 10.1 Å². The van der Waals surface area contributed by atoms with Crippen molar-refractivity contribution < 1.29 is 4.74 Å². The number of nitrogens with zero attached hydrogens (tertiary/aromatic N) is 2. The molecule has 1 saturated heterocycles. The fourth-order valence-corrected chi connectivity index (χ4v) is 1.74. The van der Waals surface area contributed by atoms with Gasteiger partial charge in [-0.25, -0.2) is 0 Å². The first-order chi connectivity index (χ1) is 6.84. The van der Waals surface area contributed by atoms with Crippen LogP contribution >= 0.6 is 0 Å². The summed E-state index contributed by atoms with van der Waals surface area (Å²) in [5, 5.41) is 7.52. The highest BCUT2D eigenvalue weighted by Crippen LogP contribution is 2.15. The van der Waals surface area contributed by atoms with Gasteiger partial charge in [0.25, 0.3) is 0 Å². The van der Waals surface area contributed by atoms with Gasteiger partial charge in [0.1, 0.15) is 5.82 Å². The smallest absolute Gasteiger partial charge is 0.147 e. The highest BCUT2D eigenvalue weighted by molar-refractivity contribution is 5.31. The Hall–Kier alpha value is -1.03. The van der Waals surface area contributed by atoms with E-state index in [9.17, 15) is 0 Å². The van der Waals surface area contributed by atoms with Gasteiger partial charge in [0, 0.05) is 32.5 Å². The zero-order valence-corrected chi connectivity index (χ0v) is 8.57. The minimum Gasteiger partial charge on any atom is -0.378 e. The Morgan fingerprint density at radius 2 is 2.64 bits per heavy atom. The maximum atomic E-state index is 5.53. The average Bonchev–Trinajstić information content (AvgIpc) is 2.77. The number of ether oxygens (including phenoxy) is 1. The summed E-state index contributed by atoms with van der Waals surface area (Å²) < 4.78 is 7.33. The van der Waals surface area contributed by atoms with Crippen molar-refractivity contribution in [3.63, 3.8) is 0 Å². The van der Waals surface area contributed by atoms with Crippen LogP contribution in [-0.2, 0) is 11.8 Å². The molecule has 1 N–H and O–H groups in total. The monoisotopic (exact) mass is 195 g/mol. The maximum absolute atomic E-state index is 5.53. The zero-order valence-electron chi connectivity index (χ0n) is 8.57. The van der Waals surface area contributed by atoms with Crippen LogP contribution in [0.15, 0.2) is 12.3 Å². The fourth-order valence-electron chi connectivity index (χ4n) is 1.74. The van der Waals surface area contributed by atoms with Crippen molar-refractivity contribution in [2.75, 3.05) is 18.5 Å². The third-order valence-electron chi connectivity index (χ3n) is 2.51. The molecule has 1 atom stereocenters. The van der Waals surface area contributed by atoms with E-state index >= 15 is 0 Å². The molecule has 0 spiro atoms. The molecule has 1 fully saturated rings. The van der Waals surface area contributed by atoms with E-state index in [4.69, 9.17) is 4.74 Å². The lowest BCUT2D eigenvalue weighted by molar-refractivity contribution is 0.107. The van der Waals surface area contributed by atoms with Crippen molar-refractivity contribution in [3.05, 3.63) is 12.3 Å². The van der Waals surface area contributed by atoms with Gasteiger partial charge in [0.15, 0.2) is 0 Å². The fraction of sp³-hybridized carbons (Fsp3) is 0.700. The van der Waals surface area contributed by atoms with E-state index in [1.165, 1.54) is 12.8 Å². The van der Waals surface area contributed by atoms with E-state index in [0.29, 0.717) is 6.10 Å². The highest BCUT2D eigenvalue weighted by atomic mass is 16.5. The summed E-state index contributed by atoms with van der Waals surface area (Å²) in [6.07, 6.45) is 5.91. The second-order valence-electron chi connectivity index (χ2n) is 3.73. The normalized spacial score (nSPS) is 21.4. The second kappa shape index (κ2) is 4.46. The van der Waals surface area contributed by atoms with Crippen molar-refractivity contribution in [1.29, 1.82) is 0 Å². The molecule has 0 aliphatic carbocycles. The van der Waals surface area contributed by atoms with E-state index in [-0.39, 0.29) is 0 Å². The first kappa shape index (κ1) is 9.52. The number of nitrogens with one attached hydrogen (secondary N) is 1. The zero-order chi connectivity index (χ0) is 9.80. The van der Waals surface area contributed by atoms with Gasteiger partial charge in [-0.3, -0.25) is 4.68 Å². The van der Waals surface area contributed by atoms with Crippen molar-refractivity contribution in [2.45, 2.75) is 25.4 Å². The number of hydrogen-bond donors (Lipinski definition) is 1. The van der Waals surface area contributed by atoms with Gasteiger partial charge in [-0.05, 0) is 19.3 Å². The molecule has 0 saturated carbocycles. The third-order valence-corrected chi connectivity index (χ3v) is 2.51. The van der Waals surface area contributed by atoms with Crippen LogP contribution in [0.1, 0.15) is 19.3 Å². The maximum Gasteiger partial charge on any atom is 0.147 e. The van der Waals surface area contributed by atoms with Crippen LogP contribution < -0.4 is 5.32 Å². The SMILES string of the molecule is Cn1ccc(NCCC2CCCO2)n1. The van der Waals surface area contributed by atoms with E-state index in [2.05, 4.69) is 10.4 Å². The molecule has 1 unspecified atom stereocenters. The molecule has 78 valence electrons. The quantitative estimate of drug-likeness (QED) is 0.789. The molecule has 2 rings (SSSR count). The Kier molecular flexibility index (Phi) is 3.03. The number of anilines is 1. The Morgan fingerprint density at radius 1 is 1.71 bits per heavy atom. The first-order valence-electron chi connectivity index (χ1n) is 5.20. The lowest BCUT2D eigenvalue weighted by atomic mass is 10.2. The second-order valence-corrected chi connectivity index (χ2v) is 3.73. The largest absolute Gasteiger partial charge is 0.378 e. The Bertz CT molecular complexity index is 279. The van der Waals surface area contributed by atoms with Gasteiger partial charge in [0.05, 0.1) is 6.10 Å². The molecular weight excluding hydrogens is 178 g/mol. The number of aromatic nitrogens is 2. The molecule has 0 radical (unpaired) electrons. The minimum atomic E-state index is 0.464. The summed E-state index contributed by atoms with van der Waals surface area (Å²) in [7, 11) is 1.92. The van der Waals surface area contributed by atoms with Crippen LogP contribution in [0.25, 0.3) is 0 Å². The Morgan fingerprint density at radius 3 is 3.29 bits per heavy atom. The van der Waals surface area contributed by atoms with Crippen LogP contribution in [0.3, 0.4) is 0 Å². The van der Waals surface area contributed by atoms with Crippen LogP contribution in [0.5, 0.6) is 0 Å². The van der Waals surface area contributed by atoms with Crippen LogP contribution in [-0.4, -0.2) is 29.0 Å². The van der Waals surface area contributed by atoms with Crippen molar-refractivity contribution in [2.24, 2.45) is 7.05 Å². The molecule has 14 heavy (non-hydrogen) atoms. The Labute approximate surface area is 84.3 Å². The number of aryl methyl sites for hydroxylation is 1. The third kappa shape index (κ3) is 2.48. The predicted molar refractivity (Wildman–Crippen MR) is 55.3 cm³/mol. The molecule has 1 aromatic rings. The van der Waals surface area contributed by atoms with Crippen LogP contribution in [0.2, 0.25) is 0 Å². The van der Waals surface area contributed by atoms with E-state index in [0.717, 1.165) is 25.4 Å². The Balaban J connectivity index is 1.67. The number of hydrogen-bond acceptors (Lipinski definition) is 3. The molecule has 0 bridgehead atoms. The summed E-state index contributed by atoms with van der Waals surface area (Å²) in [5.41, 5.74) is 0. The van der Waals surface area contributed by atoms with E-state index < -0.39 is 0 Å².